The van der Waals surface area contributed by atoms with Crippen LogP contribution in [0.4, 0.5) is 5.69 Å². The molecule has 0 radical (unpaired) electrons. The van der Waals surface area contributed by atoms with Gasteiger partial charge in [-0.3, -0.25) is 4.79 Å². The molecule has 0 aliphatic carbocycles. The highest BCUT2D eigenvalue weighted by atomic mass is 16.1. The van der Waals surface area contributed by atoms with E-state index in [9.17, 15) is 4.79 Å². The van der Waals surface area contributed by atoms with E-state index in [4.69, 9.17) is 5.73 Å². The predicted molar refractivity (Wildman–Crippen MR) is 72.8 cm³/mol. The first kappa shape index (κ1) is 13.2. The molecular weight excluding hydrogens is 242 g/mol. The molecule has 0 fully saturated rings. The van der Waals surface area contributed by atoms with Crippen LogP contribution in [0.5, 0.6) is 0 Å². The summed E-state index contributed by atoms with van der Waals surface area (Å²) in [4.78, 5) is 15.8. The van der Waals surface area contributed by atoms with Crippen LogP contribution in [0, 0.1) is 5.92 Å². The van der Waals surface area contributed by atoms with Crippen LogP contribution >= 0.6 is 0 Å². The Hall–Kier alpha value is -2.21. The standard InChI is InChI=1S/C13H17N5O/c1-10(7-14)6-13(19)17-11-4-2-3-5-12(11)18-9-15-8-16-18/h2-5,8-10H,6-7,14H2,1H3,(H,17,19). The van der Waals surface area contributed by atoms with Crippen molar-refractivity contribution < 1.29 is 4.79 Å². The summed E-state index contributed by atoms with van der Waals surface area (Å²) < 4.78 is 1.61. The van der Waals surface area contributed by atoms with Crippen molar-refractivity contribution >= 4 is 11.6 Å². The summed E-state index contributed by atoms with van der Waals surface area (Å²) in [5.41, 5.74) is 7.01. The number of anilines is 1. The molecule has 2 aromatic rings. The predicted octanol–water partition coefficient (Wildman–Crippen LogP) is 1.19. The van der Waals surface area contributed by atoms with Gasteiger partial charge in [0.15, 0.2) is 0 Å². The van der Waals surface area contributed by atoms with Crippen LogP contribution in [0.3, 0.4) is 0 Å². The molecule has 6 nitrogen and oxygen atoms in total. The second-order valence-electron chi connectivity index (χ2n) is 4.45. The zero-order valence-electron chi connectivity index (χ0n) is 10.8. The van der Waals surface area contributed by atoms with Crippen LogP contribution < -0.4 is 11.1 Å². The zero-order valence-corrected chi connectivity index (χ0v) is 10.8. The van der Waals surface area contributed by atoms with Gasteiger partial charge in [-0.1, -0.05) is 19.1 Å². The van der Waals surface area contributed by atoms with Gasteiger partial charge in [-0.25, -0.2) is 9.67 Å². The summed E-state index contributed by atoms with van der Waals surface area (Å²) in [5, 5.41) is 6.95. The molecule has 19 heavy (non-hydrogen) atoms. The summed E-state index contributed by atoms with van der Waals surface area (Å²) in [5.74, 6) is 0.115. The van der Waals surface area contributed by atoms with E-state index in [1.165, 1.54) is 6.33 Å². The Morgan fingerprint density at radius 3 is 2.95 bits per heavy atom. The first-order valence-corrected chi connectivity index (χ1v) is 6.14. The highest BCUT2D eigenvalue weighted by Crippen LogP contribution is 2.19. The molecule has 1 aromatic heterocycles. The van der Waals surface area contributed by atoms with Gasteiger partial charge in [-0.2, -0.15) is 5.10 Å². The van der Waals surface area contributed by atoms with Gasteiger partial charge in [-0.05, 0) is 24.6 Å². The molecule has 0 aliphatic heterocycles. The molecule has 1 atom stereocenters. The van der Waals surface area contributed by atoms with E-state index in [0.29, 0.717) is 18.7 Å². The van der Waals surface area contributed by atoms with Crippen LogP contribution in [0.25, 0.3) is 5.69 Å². The molecule has 0 saturated heterocycles. The fourth-order valence-corrected chi connectivity index (χ4v) is 1.71. The van der Waals surface area contributed by atoms with Gasteiger partial charge in [-0.15, -0.1) is 0 Å². The molecule has 0 bridgehead atoms. The lowest BCUT2D eigenvalue weighted by molar-refractivity contribution is -0.116. The summed E-state index contributed by atoms with van der Waals surface area (Å²) >= 11 is 0. The number of amides is 1. The smallest absolute Gasteiger partial charge is 0.224 e. The van der Waals surface area contributed by atoms with Gasteiger partial charge in [0.05, 0.1) is 11.4 Å². The number of aromatic nitrogens is 3. The van der Waals surface area contributed by atoms with Gasteiger partial charge in [0.1, 0.15) is 12.7 Å². The van der Waals surface area contributed by atoms with Crippen LogP contribution in [0.1, 0.15) is 13.3 Å². The van der Waals surface area contributed by atoms with E-state index in [2.05, 4.69) is 15.4 Å². The molecule has 3 N–H and O–H groups in total. The number of hydrogen-bond acceptors (Lipinski definition) is 4. The number of carbonyl (C=O) groups excluding carboxylic acids is 1. The SMILES string of the molecule is CC(CN)CC(=O)Nc1ccccc1-n1cncn1. The number of nitrogens with two attached hydrogens (primary N) is 1. The number of rotatable bonds is 5. The Kier molecular flexibility index (Phi) is 4.25. The molecule has 6 heteroatoms. The third-order valence-electron chi connectivity index (χ3n) is 2.78. The normalized spacial score (nSPS) is 12.1. The van der Waals surface area contributed by atoms with Gasteiger partial charge in [0, 0.05) is 6.42 Å². The molecule has 1 aromatic carbocycles. The van der Waals surface area contributed by atoms with Gasteiger partial charge in [0.25, 0.3) is 0 Å². The lowest BCUT2D eigenvalue weighted by Gasteiger charge is -2.12. The minimum atomic E-state index is -0.0504. The lowest BCUT2D eigenvalue weighted by atomic mass is 10.1. The maximum atomic E-state index is 11.9. The number of benzene rings is 1. The first-order valence-electron chi connectivity index (χ1n) is 6.14. The molecule has 100 valence electrons. The second kappa shape index (κ2) is 6.10. The average molecular weight is 259 g/mol. The zero-order chi connectivity index (χ0) is 13.7. The van der Waals surface area contributed by atoms with Gasteiger partial charge < -0.3 is 11.1 Å². The van der Waals surface area contributed by atoms with Crippen molar-refractivity contribution in [2.24, 2.45) is 11.7 Å². The molecular formula is C13H17N5O. The van der Waals surface area contributed by atoms with Gasteiger partial charge >= 0.3 is 0 Å². The Labute approximate surface area is 111 Å². The van der Waals surface area contributed by atoms with E-state index < -0.39 is 0 Å². The number of nitrogens with zero attached hydrogens (tertiary/aromatic N) is 3. The van der Waals surface area contributed by atoms with E-state index in [1.54, 1.807) is 11.0 Å². The lowest BCUT2D eigenvalue weighted by Crippen LogP contribution is -2.20. The second-order valence-corrected chi connectivity index (χ2v) is 4.45. The van der Waals surface area contributed by atoms with Crippen molar-refractivity contribution in [3.63, 3.8) is 0 Å². The number of hydrogen-bond donors (Lipinski definition) is 2. The molecule has 1 amide bonds. The number of nitrogens with one attached hydrogen (secondary N) is 1. The Morgan fingerprint density at radius 2 is 2.26 bits per heavy atom. The van der Waals surface area contributed by atoms with Crippen molar-refractivity contribution in [3.05, 3.63) is 36.9 Å². The largest absolute Gasteiger partial charge is 0.330 e. The van der Waals surface area contributed by atoms with Crippen molar-refractivity contribution in [1.82, 2.24) is 14.8 Å². The van der Waals surface area contributed by atoms with E-state index >= 15 is 0 Å². The van der Waals surface area contributed by atoms with Crippen molar-refractivity contribution in [2.75, 3.05) is 11.9 Å². The van der Waals surface area contributed by atoms with Crippen LogP contribution in [-0.4, -0.2) is 27.2 Å². The Balaban J connectivity index is 2.15. The molecule has 0 spiro atoms. The Morgan fingerprint density at radius 1 is 1.47 bits per heavy atom. The highest BCUT2D eigenvalue weighted by Gasteiger charge is 2.11. The molecule has 2 rings (SSSR count). The van der Waals surface area contributed by atoms with Crippen LogP contribution in [-0.2, 0) is 4.79 Å². The summed E-state index contributed by atoms with van der Waals surface area (Å²) in [6, 6.07) is 7.45. The summed E-state index contributed by atoms with van der Waals surface area (Å²) in [6.07, 6.45) is 3.45. The maximum Gasteiger partial charge on any atom is 0.224 e. The fourth-order valence-electron chi connectivity index (χ4n) is 1.71. The average Bonchev–Trinajstić information content (AvgIpc) is 2.93. The number of carbonyl (C=O) groups is 1. The first-order chi connectivity index (χ1) is 9.20. The van der Waals surface area contributed by atoms with Crippen LogP contribution in [0.2, 0.25) is 0 Å². The quantitative estimate of drug-likeness (QED) is 0.844. The van der Waals surface area contributed by atoms with Crippen molar-refractivity contribution in [3.8, 4) is 5.69 Å². The van der Waals surface area contributed by atoms with Crippen molar-refractivity contribution in [2.45, 2.75) is 13.3 Å². The minimum Gasteiger partial charge on any atom is -0.330 e. The molecule has 0 saturated carbocycles. The highest BCUT2D eigenvalue weighted by molar-refractivity contribution is 5.92. The maximum absolute atomic E-state index is 11.9. The van der Waals surface area contributed by atoms with Crippen LogP contribution in [0.15, 0.2) is 36.9 Å². The molecule has 1 heterocycles. The van der Waals surface area contributed by atoms with Crippen molar-refractivity contribution in [1.29, 1.82) is 0 Å². The van der Waals surface area contributed by atoms with E-state index in [-0.39, 0.29) is 11.8 Å². The third kappa shape index (κ3) is 3.38. The fraction of sp³-hybridized carbons (Fsp3) is 0.308. The third-order valence-corrected chi connectivity index (χ3v) is 2.78. The number of para-hydroxylation sites is 2. The topological polar surface area (TPSA) is 85.8 Å². The van der Waals surface area contributed by atoms with E-state index in [1.807, 2.05) is 31.2 Å². The summed E-state index contributed by atoms with van der Waals surface area (Å²) in [7, 11) is 0. The van der Waals surface area contributed by atoms with Gasteiger partial charge in [0.2, 0.25) is 5.91 Å². The Bertz CT molecular complexity index is 538. The summed E-state index contributed by atoms with van der Waals surface area (Å²) in [6.45, 7) is 2.45. The van der Waals surface area contributed by atoms with E-state index in [0.717, 1.165) is 5.69 Å². The minimum absolute atomic E-state index is 0.0504. The monoisotopic (exact) mass is 259 g/mol. The molecule has 0 aliphatic rings. The molecule has 1 unspecified atom stereocenters.